The van der Waals surface area contributed by atoms with Crippen LogP contribution < -0.4 is 0 Å². The van der Waals surface area contributed by atoms with Crippen molar-refractivity contribution in [2.24, 2.45) is 10.8 Å². The Morgan fingerprint density at radius 2 is 1.11 bits per heavy atom. The SMILES string of the molecule is CCCCCCCCCOC(=O)C(C)(C)CCCCCCN(CCCO)CCC1(CCCCC(=O)OC(CCCCCCCC)CCCCCCCC)CC1. The third-order valence-corrected chi connectivity index (χ3v) is 12.5. The third kappa shape index (κ3) is 29.7. The maximum absolute atomic E-state index is 12.9. The average Bonchev–Trinajstić information content (AvgIpc) is 3.95. The quantitative estimate of drug-likeness (QED) is 0.0491. The molecule has 0 saturated heterocycles. The van der Waals surface area contributed by atoms with Crippen molar-refractivity contribution < 1.29 is 24.2 Å². The van der Waals surface area contributed by atoms with Gasteiger partial charge in [0.2, 0.25) is 0 Å². The summed E-state index contributed by atoms with van der Waals surface area (Å²) in [7, 11) is 0. The number of ether oxygens (including phenoxy) is 2. The van der Waals surface area contributed by atoms with Gasteiger partial charge in [0.1, 0.15) is 6.10 Å². The fourth-order valence-electron chi connectivity index (χ4n) is 8.19. The monoisotopic (exact) mass is 778 g/mol. The van der Waals surface area contributed by atoms with E-state index in [9.17, 15) is 14.7 Å². The molecular weight excluding hydrogens is 683 g/mol. The van der Waals surface area contributed by atoms with Crippen LogP contribution in [0.15, 0.2) is 0 Å². The molecule has 1 aliphatic carbocycles. The van der Waals surface area contributed by atoms with Crippen LogP contribution in [0.2, 0.25) is 0 Å². The Morgan fingerprint density at radius 3 is 1.67 bits per heavy atom. The van der Waals surface area contributed by atoms with Crippen molar-refractivity contribution in [3.8, 4) is 0 Å². The van der Waals surface area contributed by atoms with Crippen molar-refractivity contribution in [1.82, 2.24) is 4.90 Å². The lowest BCUT2D eigenvalue weighted by Crippen LogP contribution is -2.29. The fraction of sp³-hybridized carbons (Fsp3) is 0.959. The van der Waals surface area contributed by atoms with Gasteiger partial charge in [0.05, 0.1) is 12.0 Å². The number of unbranched alkanes of at least 4 members (excludes halogenated alkanes) is 20. The number of hydrogen-bond donors (Lipinski definition) is 1. The molecule has 6 nitrogen and oxygen atoms in total. The van der Waals surface area contributed by atoms with Crippen LogP contribution in [0, 0.1) is 10.8 Å². The molecule has 1 rings (SSSR count). The first-order chi connectivity index (χ1) is 26.7. The van der Waals surface area contributed by atoms with Crippen LogP contribution in [0.4, 0.5) is 0 Å². The Balaban J connectivity index is 2.31. The van der Waals surface area contributed by atoms with Crippen LogP contribution in [-0.4, -0.2) is 60.9 Å². The van der Waals surface area contributed by atoms with E-state index < -0.39 is 5.41 Å². The van der Waals surface area contributed by atoms with E-state index in [-0.39, 0.29) is 24.6 Å². The second-order valence-corrected chi connectivity index (χ2v) is 18.4. The first-order valence-corrected chi connectivity index (χ1v) is 24.4. The van der Waals surface area contributed by atoms with Gasteiger partial charge in [0.15, 0.2) is 0 Å². The molecule has 1 aliphatic rings. The zero-order valence-corrected chi connectivity index (χ0v) is 37.7. The van der Waals surface area contributed by atoms with Crippen molar-refractivity contribution in [2.45, 2.75) is 259 Å². The number of aliphatic hydroxyl groups excluding tert-OH is 1. The van der Waals surface area contributed by atoms with Gasteiger partial charge >= 0.3 is 11.9 Å². The van der Waals surface area contributed by atoms with E-state index in [0.29, 0.717) is 18.4 Å². The number of rotatable bonds is 42. The Kier molecular flexibility index (Phi) is 32.9. The highest BCUT2D eigenvalue weighted by atomic mass is 16.5. The molecule has 0 aromatic heterocycles. The summed E-state index contributed by atoms with van der Waals surface area (Å²) in [5, 5.41) is 9.54. The number of hydrogen-bond acceptors (Lipinski definition) is 6. The average molecular weight is 778 g/mol. The Hall–Kier alpha value is -1.14. The van der Waals surface area contributed by atoms with Crippen molar-refractivity contribution >= 4 is 11.9 Å². The van der Waals surface area contributed by atoms with Crippen LogP contribution in [0.5, 0.6) is 0 Å². The van der Waals surface area contributed by atoms with Gasteiger partial charge in [-0.3, -0.25) is 9.59 Å². The molecular formula is C49H95NO5. The Labute approximate surface area is 342 Å². The van der Waals surface area contributed by atoms with Gasteiger partial charge in [-0.1, -0.05) is 149 Å². The molecule has 0 amide bonds. The lowest BCUT2D eigenvalue weighted by atomic mass is 9.87. The highest BCUT2D eigenvalue weighted by molar-refractivity contribution is 5.75. The molecule has 0 radical (unpaired) electrons. The number of carbonyl (C=O) groups excluding carboxylic acids is 2. The molecule has 0 spiro atoms. The van der Waals surface area contributed by atoms with E-state index in [2.05, 4.69) is 25.7 Å². The zero-order valence-electron chi connectivity index (χ0n) is 37.7. The topological polar surface area (TPSA) is 76.1 Å². The lowest BCUT2D eigenvalue weighted by Gasteiger charge is -2.25. The van der Waals surface area contributed by atoms with Crippen LogP contribution in [0.1, 0.15) is 253 Å². The van der Waals surface area contributed by atoms with Crippen molar-refractivity contribution in [3.63, 3.8) is 0 Å². The molecule has 0 bridgehead atoms. The largest absolute Gasteiger partial charge is 0.465 e. The van der Waals surface area contributed by atoms with Gasteiger partial charge in [-0.15, -0.1) is 0 Å². The molecule has 0 heterocycles. The molecule has 0 aromatic rings. The Morgan fingerprint density at radius 1 is 0.600 bits per heavy atom. The van der Waals surface area contributed by atoms with Crippen LogP contribution >= 0.6 is 0 Å². The summed E-state index contributed by atoms with van der Waals surface area (Å²) in [5.74, 6) is -0.00173. The maximum Gasteiger partial charge on any atom is 0.311 e. The maximum atomic E-state index is 12.9. The molecule has 55 heavy (non-hydrogen) atoms. The highest BCUT2D eigenvalue weighted by Crippen LogP contribution is 2.53. The van der Waals surface area contributed by atoms with E-state index in [1.54, 1.807) is 0 Å². The minimum atomic E-state index is -0.407. The van der Waals surface area contributed by atoms with E-state index in [1.165, 1.54) is 148 Å². The first-order valence-electron chi connectivity index (χ1n) is 24.4. The summed E-state index contributed by atoms with van der Waals surface area (Å²) in [4.78, 5) is 28.2. The lowest BCUT2D eigenvalue weighted by molar-refractivity contribution is -0.154. The van der Waals surface area contributed by atoms with Gasteiger partial charge in [0.25, 0.3) is 0 Å². The molecule has 326 valence electrons. The van der Waals surface area contributed by atoms with Crippen molar-refractivity contribution in [1.29, 1.82) is 0 Å². The minimum Gasteiger partial charge on any atom is -0.465 e. The molecule has 0 atom stereocenters. The highest BCUT2D eigenvalue weighted by Gasteiger charge is 2.41. The van der Waals surface area contributed by atoms with E-state index in [4.69, 9.17) is 9.47 Å². The third-order valence-electron chi connectivity index (χ3n) is 12.5. The molecule has 1 fully saturated rings. The summed E-state index contributed by atoms with van der Waals surface area (Å²) < 4.78 is 11.8. The van der Waals surface area contributed by atoms with Crippen LogP contribution in [-0.2, 0) is 19.1 Å². The summed E-state index contributed by atoms with van der Waals surface area (Å²) in [6, 6.07) is 0. The van der Waals surface area contributed by atoms with E-state index in [0.717, 1.165) is 83.8 Å². The molecule has 0 aromatic carbocycles. The van der Waals surface area contributed by atoms with Gasteiger partial charge in [0, 0.05) is 19.6 Å². The zero-order chi connectivity index (χ0) is 40.3. The predicted octanol–water partition coefficient (Wildman–Crippen LogP) is 14.1. The minimum absolute atomic E-state index is 0.0318. The Bertz CT molecular complexity index is 871. The number of esters is 2. The van der Waals surface area contributed by atoms with E-state index >= 15 is 0 Å². The standard InChI is InChI=1S/C49H95NO5/c1-6-9-12-15-18-23-30-44-54-47(53)48(4,5)35-27-21-22-29-40-50(41-31-43-51)42-39-49(37-38-49)36-28-26-34-46(52)55-45(32-24-19-16-13-10-7-2)33-25-20-17-14-11-8-3/h45,51H,6-44H2,1-5H3. The molecule has 6 heteroatoms. The molecule has 0 aliphatic heterocycles. The second kappa shape index (κ2) is 34.9. The van der Waals surface area contributed by atoms with Crippen LogP contribution in [0.25, 0.3) is 0 Å². The van der Waals surface area contributed by atoms with Crippen molar-refractivity contribution in [2.75, 3.05) is 32.8 Å². The summed E-state index contributed by atoms with van der Waals surface area (Å²) in [5.41, 5.74) is 0.0599. The molecule has 0 unspecified atom stereocenters. The normalized spacial score (nSPS) is 13.9. The van der Waals surface area contributed by atoms with Gasteiger partial charge < -0.3 is 19.5 Å². The van der Waals surface area contributed by atoms with Gasteiger partial charge in [-0.05, 0) is 116 Å². The smallest absolute Gasteiger partial charge is 0.311 e. The number of aliphatic hydroxyl groups is 1. The first kappa shape index (κ1) is 51.9. The summed E-state index contributed by atoms with van der Waals surface area (Å²) in [6.07, 6.45) is 40.2. The molecule has 1 saturated carbocycles. The van der Waals surface area contributed by atoms with Crippen LogP contribution in [0.3, 0.4) is 0 Å². The van der Waals surface area contributed by atoms with Gasteiger partial charge in [-0.25, -0.2) is 0 Å². The molecule has 1 N–H and O–H groups in total. The second-order valence-electron chi connectivity index (χ2n) is 18.4. The van der Waals surface area contributed by atoms with Crippen molar-refractivity contribution in [3.05, 3.63) is 0 Å². The summed E-state index contributed by atoms with van der Waals surface area (Å²) in [6.45, 7) is 14.8. The van der Waals surface area contributed by atoms with Gasteiger partial charge in [-0.2, -0.15) is 0 Å². The summed E-state index contributed by atoms with van der Waals surface area (Å²) >= 11 is 0. The van der Waals surface area contributed by atoms with E-state index in [1.807, 2.05) is 13.8 Å². The predicted molar refractivity (Wildman–Crippen MR) is 235 cm³/mol. The fourth-order valence-corrected chi connectivity index (χ4v) is 8.19. The number of nitrogens with zero attached hydrogens (tertiary/aromatic N) is 1. The number of carbonyl (C=O) groups is 2.